The van der Waals surface area contributed by atoms with E-state index in [1.54, 1.807) is 20.3 Å². The highest BCUT2D eigenvalue weighted by molar-refractivity contribution is 5.51. The quantitative estimate of drug-likeness (QED) is 0.853. The fourth-order valence-electron chi connectivity index (χ4n) is 2.73. The average molecular weight is 302 g/mol. The Kier molecular flexibility index (Phi) is 3.71. The van der Waals surface area contributed by atoms with Gasteiger partial charge in [0.2, 0.25) is 0 Å². The summed E-state index contributed by atoms with van der Waals surface area (Å²) in [6.07, 6.45) is 0.721. The standard InChI is InChI=1S/C17H18O5/c1-20-15-4-3-10(7-17(15)21-2)12-5-11-6-13(18)14(19)8-16(11)22-9-12/h3-4,6-8,12,18-19H,5,9H2,1-2H3. The van der Waals surface area contributed by atoms with Crippen LogP contribution in [0.25, 0.3) is 0 Å². The molecule has 0 spiro atoms. The van der Waals surface area contributed by atoms with E-state index in [-0.39, 0.29) is 17.4 Å². The lowest BCUT2D eigenvalue weighted by molar-refractivity contribution is 0.259. The van der Waals surface area contributed by atoms with Crippen LogP contribution in [-0.4, -0.2) is 31.0 Å². The molecule has 0 amide bonds. The first-order valence-electron chi connectivity index (χ1n) is 7.02. The third-order valence-electron chi connectivity index (χ3n) is 3.94. The number of hydrogen-bond acceptors (Lipinski definition) is 5. The molecule has 0 aliphatic carbocycles. The van der Waals surface area contributed by atoms with Gasteiger partial charge in [0.15, 0.2) is 23.0 Å². The number of ether oxygens (including phenoxy) is 3. The third-order valence-corrected chi connectivity index (χ3v) is 3.94. The van der Waals surface area contributed by atoms with E-state index < -0.39 is 0 Å². The van der Waals surface area contributed by atoms with Crippen LogP contribution in [0.2, 0.25) is 0 Å². The van der Waals surface area contributed by atoms with Crippen molar-refractivity contribution in [2.24, 2.45) is 0 Å². The smallest absolute Gasteiger partial charge is 0.161 e. The van der Waals surface area contributed by atoms with Gasteiger partial charge in [0.1, 0.15) is 5.75 Å². The SMILES string of the molecule is COc1ccc(C2COc3cc(O)c(O)cc3C2)cc1OC. The number of phenolic OH excluding ortho intramolecular Hbond substituents is 2. The molecule has 2 aromatic rings. The van der Waals surface area contributed by atoms with Crippen LogP contribution < -0.4 is 14.2 Å². The molecule has 0 saturated heterocycles. The molecule has 0 bridgehead atoms. The molecule has 5 nitrogen and oxygen atoms in total. The molecule has 0 radical (unpaired) electrons. The van der Waals surface area contributed by atoms with Crippen molar-refractivity contribution in [2.45, 2.75) is 12.3 Å². The van der Waals surface area contributed by atoms with Crippen LogP contribution in [0, 0.1) is 0 Å². The lowest BCUT2D eigenvalue weighted by Gasteiger charge is -2.26. The van der Waals surface area contributed by atoms with Crippen molar-refractivity contribution < 1.29 is 24.4 Å². The molecule has 0 aromatic heterocycles. The van der Waals surface area contributed by atoms with Crippen molar-refractivity contribution in [3.8, 4) is 28.7 Å². The fourth-order valence-corrected chi connectivity index (χ4v) is 2.73. The highest BCUT2D eigenvalue weighted by Gasteiger charge is 2.24. The summed E-state index contributed by atoms with van der Waals surface area (Å²) >= 11 is 0. The fraction of sp³-hybridized carbons (Fsp3) is 0.294. The number of methoxy groups -OCH3 is 2. The van der Waals surface area contributed by atoms with Gasteiger partial charge in [-0.05, 0) is 35.7 Å². The maximum absolute atomic E-state index is 9.64. The summed E-state index contributed by atoms with van der Waals surface area (Å²) in [7, 11) is 3.21. The Bertz CT molecular complexity index is 696. The van der Waals surface area contributed by atoms with Crippen LogP contribution in [0.3, 0.4) is 0 Å². The Labute approximate surface area is 128 Å². The second-order valence-corrected chi connectivity index (χ2v) is 5.28. The first-order valence-corrected chi connectivity index (χ1v) is 7.02. The van der Waals surface area contributed by atoms with E-state index in [4.69, 9.17) is 14.2 Å². The monoisotopic (exact) mass is 302 g/mol. The number of phenols is 2. The minimum atomic E-state index is -0.164. The molecule has 1 aliphatic rings. The molecule has 0 fully saturated rings. The molecule has 1 atom stereocenters. The highest BCUT2D eigenvalue weighted by atomic mass is 16.5. The molecule has 1 unspecified atom stereocenters. The predicted molar refractivity (Wildman–Crippen MR) is 81.3 cm³/mol. The first kappa shape index (κ1) is 14.4. The minimum Gasteiger partial charge on any atom is -0.504 e. The number of aromatic hydroxyl groups is 2. The number of hydrogen-bond donors (Lipinski definition) is 2. The molecule has 5 heteroatoms. The van der Waals surface area contributed by atoms with Crippen molar-refractivity contribution >= 4 is 0 Å². The van der Waals surface area contributed by atoms with Crippen molar-refractivity contribution in [3.63, 3.8) is 0 Å². The normalized spacial score (nSPS) is 16.5. The van der Waals surface area contributed by atoms with E-state index in [0.717, 1.165) is 17.5 Å². The lowest BCUT2D eigenvalue weighted by Crippen LogP contribution is -2.19. The molecule has 2 aromatic carbocycles. The zero-order chi connectivity index (χ0) is 15.7. The van der Waals surface area contributed by atoms with Gasteiger partial charge in [0.05, 0.1) is 20.8 Å². The van der Waals surface area contributed by atoms with E-state index in [2.05, 4.69) is 0 Å². The zero-order valence-corrected chi connectivity index (χ0v) is 12.5. The Morgan fingerprint density at radius 1 is 1.00 bits per heavy atom. The van der Waals surface area contributed by atoms with Gasteiger partial charge in [-0.15, -0.1) is 0 Å². The van der Waals surface area contributed by atoms with Crippen LogP contribution >= 0.6 is 0 Å². The predicted octanol–water partition coefficient (Wildman–Crippen LogP) is 2.83. The van der Waals surface area contributed by atoms with Gasteiger partial charge >= 0.3 is 0 Å². The van der Waals surface area contributed by atoms with Gasteiger partial charge in [0, 0.05) is 12.0 Å². The third kappa shape index (κ3) is 2.50. The Hall–Kier alpha value is -2.56. The maximum atomic E-state index is 9.64. The van der Waals surface area contributed by atoms with Crippen LogP contribution in [0.4, 0.5) is 0 Å². The van der Waals surface area contributed by atoms with Gasteiger partial charge in [-0.2, -0.15) is 0 Å². The van der Waals surface area contributed by atoms with Crippen LogP contribution in [0.5, 0.6) is 28.7 Å². The molecule has 22 heavy (non-hydrogen) atoms. The summed E-state index contributed by atoms with van der Waals surface area (Å²) < 4.78 is 16.3. The van der Waals surface area contributed by atoms with E-state index >= 15 is 0 Å². The number of rotatable bonds is 3. The lowest BCUT2D eigenvalue weighted by atomic mass is 9.90. The molecule has 0 saturated carbocycles. The van der Waals surface area contributed by atoms with Crippen molar-refractivity contribution in [3.05, 3.63) is 41.5 Å². The van der Waals surface area contributed by atoms with E-state index in [1.807, 2.05) is 18.2 Å². The molecule has 3 rings (SSSR count). The molecule has 1 aliphatic heterocycles. The molecular weight excluding hydrogens is 284 g/mol. The summed E-state index contributed by atoms with van der Waals surface area (Å²) in [5.41, 5.74) is 1.96. The summed E-state index contributed by atoms with van der Waals surface area (Å²) in [5.74, 6) is 1.84. The largest absolute Gasteiger partial charge is 0.504 e. The van der Waals surface area contributed by atoms with Gasteiger partial charge < -0.3 is 24.4 Å². The molecule has 2 N–H and O–H groups in total. The maximum Gasteiger partial charge on any atom is 0.161 e. The molecule has 1 heterocycles. The van der Waals surface area contributed by atoms with Crippen LogP contribution in [0.1, 0.15) is 17.0 Å². The highest BCUT2D eigenvalue weighted by Crippen LogP contribution is 2.40. The van der Waals surface area contributed by atoms with Crippen LogP contribution in [0.15, 0.2) is 30.3 Å². The first-order chi connectivity index (χ1) is 10.6. The van der Waals surface area contributed by atoms with Crippen LogP contribution in [-0.2, 0) is 6.42 Å². The van der Waals surface area contributed by atoms with Gasteiger partial charge in [-0.1, -0.05) is 6.07 Å². The minimum absolute atomic E-state index is 0.129. The zero-order valence-electron chi connectivity index (χ0n) is 12.5. The molecule has 116 valence electrons. The summed E-state index contributed by atoms with van der Waals surface area (Å²) in [5, 5.41) is 19.2. The van der Waals surface area contributed by atoms with Gasteiger partial charge in [-0.25, -0.2) is 0 Å². The Balaban J connectivity index is 1.89. The Morgan fingerprint density at radius 3 is 2.45 bits per heavy atom. The number of fused-ring (bicyclic) bond motifs is 1. The summed E-state index contributed by atoms with van der Waals surface area (Å²) in [4.78, 5) is 0. The molecular formula is C17H18O5. The van der Waals surface area contributed by atoms with Gasteiger partial charge in [0.25, 0.3) is 0 Å². The Morgan fingerprint density at radius 2 is 1.73 bits per heavy atom. The average Bonchev–Trinajstić information content (AvgIpc) is 2.55. The second kappa shape index (κ2) is 5.67. The topological polar surface area (TPSA) is 68.2 Å². The second-order valence-electron chi connectivity index (χ2n) is 5.28. The van der Waals surface area contributed by atoms with Gasteiger partial charge in [-0.3, -0.25) is 0 Å². The van der Waals surface area contributed by atoms with Crippen molar-refractivity contribution in [2.75, 3.05) is 20.8 Å². The summed E-state index contributed by atoms with van der Waals surface area (Å²) in [6.45, 7) is 0.507. The number of benzene rings is 2. The van der Waals surface area contributed by atoms with E-state index in [1.165, 1.54) is 6.07 Å². The van der Waals surface area contributed by atoms with Crippen molar-refractivity contribution in [1.82, 2.24) is 0 Å². The van der Waals surface area contributed by atoms with E-state index in [9.17, 15) is 10.2 Å². The van der Waals surface area contributed by atoms with Crippen molar-refractivity contribution in [1.29, 1.82) is 0 Å². The summed E-state index contributed by atoms with van der Waals surface area (Å²) in [6, 6.07) is 8.81. The van der Waals surface area contributed by atoms with E-state index in [0.29, 0.717) is 23.9 Å².